The van der Waals surface area contributed by atoms with Crippen LogP contribution in [0.2, 0.25) is 0 Å². The number of carbonyl (C=O) groups is 3. The zero-order chi connectivity index (χ0) is 24.2. The average Bonchev–Trinajstić information content (AvgIpc) is 3.42. The van der Waals surface area contributed by atoms with Gasteiger partial charge in [0.25, 0.3) is 5.91 Å². The molecule has 1 aliphatic carbocycles. The van der Waals surface area contributed by atoms with Gasteiger partial charge in [0.15, 0.2) is 11.5 Å². The van der Waals surface area contributed by atoms with Crippen molar-refractivity contribution in [1.29, 1.82) is 0 Å². The van der Waals surface area contributed by atoms with Crippen LogP contribution in [0, 0.1) is 5.92 Å². The maximum atomic E-state index is 12.3. The number of hydrogen-bond acceptors (Lipinski definition) is 6. The minimum absolute atomic E-state index is 0.0382. The van der Waals surface area contributed by atoms with Gasteiger partial charge in [0.05, 0.1) is 6.54 Å². The summed E-state index contributed by atoms with van der Waals surface area (Å²) in [6.45, 7) is 3.51. The highest BCUT2D eigenvalue weighted by Gasteiger charge is 2.29. The van der Waals surface area contributed by atoms with Crippen LogP contribution >= 0.6 is 0 Å². The molecule has 176 valence electrons. The molecule has 34 heavy (non-hydrogen) atoms. The number of ether oxygens (including phenoxy) is 1. The predicted molar refractivity (Wildman–Crippen MR) is 122 cm³/mol. The summed E-state index contributed by atoms with van der Waals surface area (Å²) in [5, 5.41) is 17.8. The molecule has 2 aromatic carbocycles. The molecule has 0 fully saturated rings. The third kappa shape index (κ3) is 4.78. The number of carbonyl (C=O) groups excluding carboxylic acids is 2. The van der Waals surface area contributed by atoms with Crippen molar-refractivity contribution >= 4 is 18.0 Å². The lowest BCUT2D eigenvalue weighted by molar-refractivity contribution is -0.140. The molecule has 3 aromatic rings. The van der Waals surface area contributed by atoms with Gasteiger partial charge in [-0.15, -0.1) is 0 Å². The summed E-state index contributed by atoms with van der Waals surface area (Å²) in [5.74, 6) is -1.93. The van der Waals surface area contributed by atoms with E-state index in [1.165, 1.54) is 6.07 Å². The van der Waals surface area contributed by atoms with E-state index in [2.05, 4.69) is 27.9 Å². The van der Waals surface area contributed by atoms with Gasteiger partial charge in [0.2, 0.25) is 0 Å². The molecule has 1 aromatic heterocycles. The van der Waals surface area contributed by atoms with Gasteiger partial charge in [-0.05, 0) is 28.2 Å². The third-order valence-corrected chi connectivity index (χ3v) is 5.76. The van der Waals surface area contributed by atoms with Gasteiger partial charge < -0.3 is 25.0 Å². The highest BCUT2D eigenvalue weighted by atomic mass is 16.5. The Bertz CT molecular complexity index is 1170. The Labute approximate surface area is 196 Å². The zero-order valence-corrected chi connectivity index (χ0v) is 18.8. The van der Waals surface area contributed by atoms with Crippen LogP contribution in [0.4, 0.5) is 4.79 Å². The second-order valence-corrected chi connectivity index (χ2v) is 8.39. The number of carboxylic acids is 1. The Hall–Kier alpha value is -4.14. The number of aromatic nitrogens is 1. The Kier molecular flexibility index (Phi) is 6.62. The van der Waals surface area contributed by atoms with Crippen molar-refractivity contribution in [3.8, 4) is 11.1 Å². The first-order valence-corrected chi connectivity index (χ1v) is 10.9. The van der Waals surface area contributed by atoms with E-state index in [0.29, 0.717) is 0 Å². The van der Waals surface area contributed by atoms with E-state index in [-0.39, 0.29) is 36.4 Å². The molecule has 3 N–H and O–H groups in total. The van der Waals surface area contributed by atoms with Crippen LogP contribution < -0.4 is 10.6 Å². The SMILES string of the molecule is CC(C)C(NC(=O)c1cc(CNC(=O)OCC2c3ccccc3-c3ccccc32)on1)C(=O)O. The van der Waals surface area contributed by atoms with E-state index in [9.17, 15) is 19.5 Å². The van der Waals surface area contributed by atoms with Crippen LogP contribution in [0.3, 0.4) is 0 Å². The van der Waals surface area contributed by atoms with Gasteiger partial charge in [-0.2, -0.15) is 0 Å². The summed E-state index contributed by atoms with van der Waals surface area (Å²) in [4.78, 5) is 35.8. The largest absolute Gasteiger partial charge is 0.480 e. The number of hydrogen-bond donors (Lipinski definition) is 3. The number of alkyl carbamates (subject to hydrolysis) is 1. The minimum atomic E-state index is -1.14. The molecule has 0 radical (unpaired) electrons. The van der Waals surface area contributed by atoms with Crippen molar-refractivity contribution in [2.24, 2.45) is 5.92 Å². The summed E-state index contributed by atoms with van der Waals surface area (Å²) in [7, 11) is 0. The van der Waals surface area contributed by atoms with Crippen molar-refractivity contribution < 1.29 is 28.8 Å². The first-order valence-electron chi connectivity index (χ1n) is 10.9. The lowest BCUT2D eigenvalue weighted by Crippen LogP contribution is -2.44. The number of benzene rings is 2. The van der Waals surface area contributed by atoms with Crippen LogP contribution in [0.25, 0.3) is 11.1 Å². The molecule has 1 heterocycles. The monoisotopic (exact) mass is 463 g/mol. The molecule has 9 nitrogen and oxygen atoms in total. The molecule has 0 bridgehead atoms. The molecule has 0 aliphatic heterocycles. The summed E-state index contributed by atoms with van der Waals surface area (Å²) in [5.41, 5.74) is 4.44. The highest BCUT2D eigenvalue weighted by molar-refractivity contribution is 5.95. The van der Waals surface area contributed by atoms with E-state index in [1.54, 1.807) is 13.8 Å². The summed E-state index contributed by atoms with van der Waals surface area (Å²) >= 11 is 0. The van der Waals surface area contributed by atoms with Gasteiger partial charge in [-0.25, -0.2) is 9.59 Å². The van der Waals surface area contributed by atoms with Gasteiger partial charge in [0.1, 0.15) is 12.6 Å². The number of carboxylic acid groups (broad SMARTS) is 1. The standard InChI is InChI=1S/C25H25N3O6/c1-14(2)22(24(30)31)27-23(29)21-11-15(34-28-21)12-26-25(32)33-13-20-18-9-5-3-7-16(18)17-8-4-6-10-19(17)20/h3-11,14,20,22H,12-13H2,1-2H3,(H,26,32)(H,27,29)(H,30,31). The fourth-order valence-electron chi connectivity index (χ4n) is 4.04. The van der Waals surface area contributed by atoms with Crippen LogP contribution in [0.5, 0.6) is 0 Å². The number of amides is 2. The lowest BCUT2D eigenvalue weighted by Gasteiger charge is -2.16. The molecule has 2 amide bonds. The molecular weight excluding hydrogens is 438 g/mol. The number of nitrogens with one attached hydrogen (secondary N) is 2. The number of nitrogens with zero attached hydrogens (tertiary/aromatic N) is 1. The molecule has 1 unspecified atom stereocenters. The second-order valence-electron chi connectivity index (χ2n) is 8.39. The van der Waals surface area contributed by atoms with Gasteiger partial charge in [-0.3, -0.25) is 4.79 Å². The number of rotatable bonds is 8. The number of aliphatic carboxylic acids is 1. The molecule has 4 rings (SSSR count). The zero-order valence-electron chi connectivity index (χ0n) is 18.8. The van der Waals surface area contributed by atoms with Crippen LogP contribution in [0.1, 0.15) is 47.1 Å². The maximum Gasteiger partial charge on any atom is 0.407 e. The Balaban J connectivity index is 1.31. The van der Waals surface area contributed by atoms with Gasteiger partial charge in [0, 0.05) is 12.0 Å². The summed E-state index contributed by atoms with van der Waals surface area (Å²) in [6.07, 6.45) is -0.630. The summed E-state index contributed by atoms with van der Waals surface area (Å²) < 4.78 is 10.5. The van der Waals surface area contributed by atoms with E-state index in [0.717, 1.165) is 22.3 Å². The van der Waals surface area contributed by atoms with Crippen molar-refractivity contribution in [3.63, 3.8) is 0 Å². The van der Waals surface area contributed by atoms with Crippen molar-refractivity contribution in [1.82, 2.24) is 15.8 Å². The molecule has 0 saturated carbocycles. The van der Waals surface area contributed by atoms with E-state index < -0.39 is 24.0 Å². The Morgan fingerprint density at radius 2 is 1.68 bits per heavy atom. The van der Waals surface area contributed by atoms with Crippen molar-refractivity contribution in [2.45, 2.75) is 32.4 Å². The third-order valence-electron chi connectivity index (χ3n) is 5.76. The van der Waals surface area contributed by atoms with Gasteiger partial charge >= 0.3 is 12.1 Å². The normalized spacial score (nSPS) is 13.1. The first kappa shape index (κ1) is 23.0. The second kappa shape index (κ2) is 9.78. The van der Waals surface area contributed by atoms with E-state index in [4.69, 9.17) is 9.26 Å². The van der Waals surface area contributed by atoms with Crippen molar-refractivity contribution in [2.75, 3.05) is 6.61 Å². The Morgan fingerprint density at radius 1 is 1.06 bits per heavy atom. The summed E-state index contributed by atoms with van der Waals surface area (Å²) in [6, 6.07) is 16.4. The first-order chi connectivity index (χ1) is 16.3. The van der Waals surface area contributed by atoms with Crippen LogP contribution in [0.15, 0.2) is 59.1 Å². The fraction of sp³-hybridized carbons (Fsp3) is 0.280. The molecule has 1 atom stereocenters. The maximum absolute atomic E-state index is 12.3. The van der Waals surface area contributed by atoms with Crippen LogP contribution in [-0.2, 0) is 16.1 Å². The minimum Gasteiger partial charge on any atom is -0.480 e. The molecule has 0 spiro atoms. The number of fused-ring (bicyclic) bond motifs is 3. The molecule has 1 aliphatic rings. The smallest absolute Gasteiger partial charge is 0.407 e. The topological polar surface area (TPSA) is 131 Å². The predicted octanol–water partition coefficient (Wildman–Crippen LogP) is 3.55. The molecular formula is C25H25N3O6. The van der Waals surface area contributed by atoms with Gasteiger partial charge in [-0.1, -0.05) is 67.5 Å². The lowest BCUT2D eigenvalue weighted by atomic mass is 9.98. The average molecular weight is 463 g/mol. The van der Waals surface area contributed by atoms with E-state index >= 15 is 0 Å². The highest BCUT2D eigenvalue weighted by Crippen LogP contribution is 2.44. The van der Waals surface area contributed by atoms with Crippen LogP contribution in [-0.4, -0.2) is 40.9 Å². The molecule has 9 heteroatoms. The van der Waals surface area contributed by atoms with E-state index in [1.807, 2.05) is 36.4 Å². The molecule has 0 saturated heterocycles. The Morgan fingerprint density at radius 3 is 2.26 bits per heavy atom. The fourth-order valence-corrected chi connectivity index (χ4v) is 4.04. The quantitative estimate of drug-likeness (QED) is 0.466. The van der Waals surface area contributed by atoms with Crippen molar-refractivity contribution in [3.05, 3.63) is 77.2 Å².